The maximum Gasteiger partial charge on any atom is -0.0124 e. The van der Waals surface area contributed by atoms with Gasteiger partial charge in [0, 0.05) is 0 Å². The molecular formula is C9H12. The van der Waals surface area contributed by atoms with Crippen LogP contribution >= 0.6 is 0 Å². The zero-order chi connectivity index (χ0) is 6.27. The highest BCUT2D eigenvalue weighted by Crippen LogP contribution is 2.47. The number of hydrogen-bond acceptors (Lipinski definition) is 0. The first-order valence-electron chi connectivity index (χ1n) is 3.81. The van der Waals surface area contributed by atoms with E-state index in [2.05, 4.69) is 12.3 Å². The monoisotopic (exact) mass is 120 g/mol. The first-order valence-corrected chi connectivity index (χ1v) is 3.81. The molecule has 0 atom stereocenters. The van der Waals surface area contributed by atoms with Crippen LogP contribution in [0.3, 0.4) is 0 Å². The number of allylic oxidation sites excluding steroid dienone is 1. The minimum absolute atomic E-state index is 0.896. The van der Waals surface area contributed by atoms with E-state index in [9.17, 15) is 0 Å². The minimum atomic E-state index is 0.896. The molecule has 0 aromatic rings. The van der Waals surface area contributed by atoms with Gasteiger partial charge in [-0.3, -0.25) is 0 Å². The molecule has 2 aliphatic rings. The summed E-state index contributed by atoms with van der Waals surface area (Å²) in [5.74, 6) is 1.79. The van der Waals surface area contributed by atoms with E-state index in [1.54, 1.807) is 5.57 Å². The summed E-state index contributed by atoms with van der Waals surface area (Å²) in [6.45, 7) is 3.72. The molecule has 2 rings (SSSR count). The van der Waals surface area contributed by atoms with Gasteiger partial charge in [0.05, 0.1) is 0 Å². The summed E-state index contributed by atoms with van der Waals surface area (Å²) in [5.41, 5.74) is 4.64. The van der Waals surface area contributed by atoms with Gasteiger partial charge in [0.2, 0.25) is 0 Å². The largest absolute Gasteiger partial charge is 0.129 e. The molecule has 0 aromatic heterocycles. The van der Waals surface area contributed by atoms with Gasteiger partial charge in [-0.05, 0) is 43.1 Å². The molecule has 0 unspecified atom stereocenters. The van der Waals surface area contributed by atoms with Gasteiger partial charge in [0.1, 0.15) is 0 Å². The van der Waals surface area contributed by atoms with E-state index < -0.39 is 0 Å². The van der Waals surface area contributed by atoms with Crippen molar-refractivity contribution in [3.63, 3.8) is 0 Å². The van der Waals surface area contributed by atoms with Crippen molar-refractivity contribution in [2.45, 2.75) is 25.7 Å². The van der Waals surface area contributed by atoms with Gasteiger partial charge in [-0.2, -0.15) is 0 Å². The normalized spacial score (nSPS) is 39.3. The molecule has 2 fully saturated rings. The summed E-state index contributed by atoms with van der Waals surface area (Å²) in [6, 6.07) is 0. The average molecular weight is 120 g/mol. The van der Waals surface area contributed by atoms with Gasteiger partial charge >= 0.3 is 0 Å². The van der Waals surface area contributed by atoms with Crippen molar-refractivity contribution < 1.29 is 0 Å². The summed E-state index contributed by atoms with van der Waals surface area (Å²) >= 11 is 0. The summed E-state index contributed by atoms with van der Waals surface area (Å²) < 4.78 is 0. The van der Waals surface area contributed by atoms with Crippen LogP contribution in [0.25, 0.3) is 0 Å². The molecule has 0 heterocycles. The van der Waals surface area contributed by atoms with Crippen LogP contribution in [-0.4, -0.2) is 0 Å². The van der Waals surface area contributed by atoms with E-state index >= 15 is 0 Å². The van der Waals surface area contributed by atoms with Crippen LogP contribution in [0.2, 0.25) is 0 Å². The van der Waals surface area contributed by atoms with E-state index in [4.69, 9.17) is 0 Å². The van der Waals surface area contributed by atoms with E-state index in [1.807, 2.05) is 0 Å². The third kappa shape index (κ3) is 0.601. The zero-order valence-corrected chi connectivity index (χ0v) is 5.69. The molecule has 0 aromatic carbocycles. The number of hydrogen-bond donors (Lipinski definition) is 0. The SMILES string of the molecule is C=C=C1C2CCC1CC2. The second-order valence-electron chi connectivity index (χ2n) is 3.18. The third-order valence-corrected chi connectivity index (χ3v) is 2.81. The Morgan fingerprint density at radius 2 is 1.56 bits per heavy atom. The van der Waals surface area contributed by atoms with Crippen LogP contribution < -0.4 is 0 Å². The highest BCUT2D eigenvalue weighted by Gasteiger charge is 2.35. The Morgan fingerprint density at radius 1 is 1.11 bits per heavy atom. The Bertz CT molecular complexity index is 150. The van der Waals surface area contributed by atoms with Crippen LogP contribution in [0.5, 0.6) is 0 Å². The van der Waals surface area contributed by atoms with Crippen molar-refractivity contribution >= 4 is 0 Å². The maximum atomic E-state index is 3.72. The Hall–Kier alpha value is -0.480. The lowest BCUT2D eigenvalue weighted by molar-refractivity contribution is 0.480. The van der Waals surface area contributed by atoms with Gasteiger partial charge in [0.15, 0.2) is 0 Å². The standard InChI is InChI=1S/C9H12/c1-2-9-7-3-4-8(9)6-5-7/h7-8H,1,3-6H2. The van der Waals surface area contributed by atoms with Crippen molar-refractivity contribution in [2.75, 3.05) is 0 Å². The molecular weight excluding hydrogens is 108 g/mol. The fourth-order valence-electron chi connectivity index (χ4n) is 2.34. The maximum absolute atomic E-state index is 3.72. The molecule has 9 heavy (non-hydrogen) atoms. The molecule has 0 saturated heterocycles. The third-order valence-electron chi connectivity index (χ3n) is 2.81. The second kappa shape index (κ2) is 1.75. The first kappa shape index (κ1) is 5.32. The fraction of sp³-hybridized carbons (Fsp3) is 0.667. The van der Waals surface area contributed by atoms with Crippen LogP contribution in [0.15, 0.2) is 17.9 Å². The molecule has 0 radical (unpaired) electrons. The molecule has 0 nitrogen and oxygen atoms in total. The van der Waals surface area contributed by atoms with Crippen LogP contribution in [0, 0.1) is 11.8 Å². The predicted octanol–water partition coefficient (Wildman–Crippen LogP) is 2.52. The molecule has 0 N–H and O–H groups in total. The smallest absolute Gasteiger partial charge is 0.0124 e. The lowest BCUT2D eigenvalue weighted by atomic mass is 10.0. The minimum Gasteiger partial charge on any atom is -0.129 e. The molecule has 0 aliphatic heterocycles. The van der Waals surface area contributed by atoms with E-state index in [0.29, 0.717) is 0 Å². The quantitative estimate of drug-likeness (QED) is 0.431. The zero-order valence-electron chi connectivity index (χ0n) is 5.69. The Morgan fingerprint density at radius 3 is 1.78 bits per heavy atom. The Balaban J connectivity index is 2.36. The molecule has 2 saturated carbocycles. The highest BCUT2D eigenvalue weighted by atomic mass is 14.4. The van der Waals surface area contributed by atoms with Crippen molar-refractivity contribution in [2.24, 2.45) is 11.8 Å². The van der Waals surface area contributed by atoms with Gasteiger partial charge in [-0.15, -0.1) is 5.73 Å². The molecule has 2 bridgehead atoms. The number of fused-ring (bicyclic) bond motifs is 2. The first-order chi connectivity index (χ1) is 4.42. The van der Waals surface area contributed by atoms with Crippen LogP contribution in [-0.2, 0) is 0 Å². The summed E-state index contributed by atoms with van der Waals surface area (Å²) in [7, 11) is 0. The van der Waals surface area contributed by atoms with Crippen molar-refractivity contribution in [1.82, 2.24) is 0 Å². The molecule has 0 amide bonds. The van der Waals surface area contributed by atoms with E-state index in [0.717, 1.165) is 11.8 Å². The molecule has 2 aliphatic carbocycles. The topological polar surface area (TPSA) is 0 Å². The summed E-state index contributed by atoms with van der Waals surface area (Å²) in [5, 5.41) is 0. The van der Waals surface area contributed by atoms with Crippen molar-refractivity contribution in [3.05, 3.63) is 17.9 Å². The summed E-state index contributed by atoms with van der Waals surface area (Å²) in [4.78, 5) is 0. The molecule has 48 valence electrons. The van der Waals surface area contributed by atoms with E-state index in [-0.39, 0.29) is 0 Å². The second-order valence-corrected chi connectivity index (χ2v) is 3.18. The lowest BCUT2D eigenvalue weighted by Crippen LogP contribution is -1.90. The van der Waals surface area contributed by atoms with Crippen LogP contribution in [0.4, 0.5) is 0 Å². The number of rotatable bonds is 0. The summed E-state index contributed by atoms with van der Waals surface area (Å²) in [6.07, 6.45) is 5.68. The Kier molecular flexibility index (Phi) is 1.03. The van der Waals surface area contributed by atoms with E-state index in [1.165, 1.54) is 25.7 Å². The molecule has 0 heteroatoms. The fourth-order valence-corrected chi connectivity index (χ4v) is 2.34. The van der Waals surface area contributed by atoms with Crippen LogP contribution in [0.1, 0.15) is 25.7 Å². The van der Waals surface area contributed by atoms with Crippen molar-refractivity contribution in [1.29, 1.82) is 0 Å². The van der Waals surface area contributed by atoms with Crippen molar-refractivity contribution in [3.8, 4) is 0 Å². The van der Waals surface area contributed by atoms with Gasteiger partial charge in [-0.1, -0.05) is 6.58 Å². The van der Waals surface area contributed by atoms with Gasteiger partial charge < -0.3 is 0 Å². The van der Waals surface area contributed by atoms with Gasteiger partial charge in [-0.25, -0.2) is 0 Å². The lowest BCUT2D eigenvalue weighted by Gasteiger charge is -2.03. The predicted molar refractivity (Wildman–Crippen MR) is 38.1 cm³/mol. The van der Waals surface area contributed by atoms with Gasteiger partial charge in [0.25, 0.3) is 0 Å². The Labute approximate surface area is 56.3 Å². The average Bonchev–Trinajstić information content (AvgIpc) is 2.44. The molecule has 0 spiro atoms. The highest BCUT2D eigenvalue weighted by molar-refractivity contribution is 5.18.